The third-order valence-electron chi connectivity index (χ3n) is 5.32. The van der Waals surface area contributed by atoms with Crippen LogP contribution in [-0.2, 0) is 6.54 Å². The molecule has 0 atom stereocenters. The zero-order chi connectivity index (χ0) is 22.5. The molecule has 0 saturated carbocycles. The molecule has 0 spiro atoms. The van der Waals surface area contributed by atoms with Gasteiger partial charge in [0.15, 0.2) is 0 Å². The first-order valence-corrected chi connectivity index (χ1v) is 10.9. The van der Waals surface area contributed by atoms with E-state index in [1.54, 1.807) is 17.0 Å². The lowest BCUT2D eigenvalue weighted by Gasteiger charge is -2.35. The van der Waals surface area contributed by atoms with Crippen LogP contribution >= 0.6 is 11.6 Å². The zero-order valence-electron chi connectivity index (χ0n) is 17.8. The lowest BCUT2D eigenvalue weighted by Crippen LogP contribution is -2.49. The molecule has 7 heteroatoms. The van der Waals surface area contributed by atoms with E-state index in [1.165, 1.54) is 0 Å². The number of nitrogens with zero attached hydrogens (tertiary/aromatic N) is 2. The smallest absolute Gasteiger partial charge is 0.320 e. The summed E-state index contributed by atoms with van der Waals surface area (Å²) < 4.78 is 0. The van der Waals surface area contributed by atoms with Crippen LogP contribution in [0.3, 0.4) is 0 Å². The minimum Gasteiger partial charge on any atom is -0.320 e. The molecule has 1 fully saturated rings. The van der Waals surface area contributed by atoms with Gasteiger partial charge in [-0.3, -0.25) is 4.90 Å². The average molecular weight is 449 g/mol. The number of urea groups is 2. The minimum atomic E-state index is -0.316. The Morgan fingerprint density at radius 3 is 2.25 bits per heavy atom. The molecule has 3 aromatic carbocycles. The standard InChI is InChI=1S/C25H25ClN4O2/c1-18-6-8-21(9-7-18)27-24(31)28-22-10-12-23(13-11-22)30-15-3-14-29(25(30)32)17-19-4-2-5-20(26)16-19/h2,4-13,16H,3,14-15,17H2,1H3,(H2,27,28,31). The summed E-state index contributed by atoms with van der Waals surface area (Å²) in [5.74, 6) is 0. The summed E-state index contributed by atoms with van der Waals surface area (Å²) in [7, 11) is 0. The van der Waals surface area contributed by atoms with Gasteiger partial charge in [-0.15, -0.1) is 0 Å². The molecule has 0 bridgehead atoms. The van der Waals surface area contributed by atoms with Gasteiger partial charge in [0.25, 0.3) is 0 Å². The first-order chi connectivity index (χ1) is 15.5. The molecule has 32 heavy (non-hydrogen) atoms. The van der Waals surface area contributed by atoms with E-state index in [4.69, 9.17) is 11.6 Å². The van der Waals surface area contributed by atoms with E-state index in [0.29, 0.717) is 30.3 Å². The Bertz CT molecular complexity index is 1100. The fourth-order valence-corrected chi connectivity index (χ4v) is 3.89. The fourth-order valence-electron chi connectivity index (χ4n) is 3.68. The molecule has 1 heterocycles. The number of carbonyl (C=O) groups is 2. The maximum Gasteiger partial charge on any atom is 0.324 e. The fraction of sp³-hybridized carbons (Fsp3) is 0.200. The van der Waals surface area contributed by atoms with Gasteiger partial charge in [-0.05, 0) is 67.4 Å². The van der Waals surface area contributed by atoms with Crippen molar-refractivity contribution in [3.8, 4) is 0 Å². The predicted octanol–water partition coefficient (Wildman–Crippen LogP) is 6.12. The van der Waals surface area contributed by atoms with Gasteiger partial charge in [0.05, 0.1) is 0 Å². The van der Waals surface area contributed by atoms with Crippen molar-refractivity contribution in [3.63, 3.8) is 0 Å². The molecule has 6 nitrogen and oxygen atoms in total. The van der Waals surface area contributed by atoms with E-state index >= 15 is 0 Å². The van der Waals surface area contributed by atoms with Crippen LogP contribution in [0.4, 0.5) is 26.7 Å². The molecule has 0 radical (unpaired) electrons. The zero-order valence-corrected chi connectivity index (χ0v) is 18.6. The number of hydrogen-bond acceptors (Lipinski definition) is 2. The topological polar surface area (TPSA) is 64.7 Å². The number of nitrogens with one attached hydrogen (secondary N) is 2. The lowest BCUT2D eigenvalue weighted by molar-refractivity contribution is 0.192. The number of hydrogen-bond donors (Lipinski definition) is 2. The van der Waals surface area contributed by atoms with Gasteiger partial charge in [-0.1, -0.05) is 41.4 Å². The second-order valence-corrected chi connectivity index (χ2v) is 8.27. The van der Waals surface area contributed by atoms with Crippen LogP contribution in [0.25, 0.3) is 0 Å². The summed E-state index contributed by atoms with van der Waals surface area (Å²) in [6.07, 6.45) is 0.880. The number of aryl methyl sites for hydroxylation is 1. The number of amides is 4. The van der Waals surface area contributed by atoms with Crippen LogP contribution in [0.1, 0.15) is 17.5 Å². The highest BCUT2D eigenvalue weighted by Gasteiger charge is 2.26. The molecule has 4 amide bonds. The van der Waals surface area contributed by atoms with Crippen molar-refractivity contribution in [1.29, 1.82) is 0 Å². The summed E-state index contributed by atoms with van der Waals surface area (Å²) in [5, 5.41) is 6.29. The largest absolute Gasteiger partial charge is 0.324 e. The van der Waals surface area contributed by atoms with E-state index in [0.717, 1.165) is 28.9 Å². The Labute approximate surface area is 192 Å². The summed E-state index contributed by atoms with van der Waals surface area (Å²) in [6.45, 7) is 3.88. The molecule has 1 aliphatic heterocycles. The number of benzene rings is 3. The minimum absolute atomic E-state index is 0.0333. The van der Waals surface area contributed by atoms with E-state index in [1.807, 2.05) is 72.5 Å². The Morgan fingerprint density at radius 1 is 0.938 bits per heavy atom. The highest BCUT2D eigenvalue weighted by atomic mass is 35.5. The highest BCUT2D eigenvalue weighted by Crippen LogP contribution is 2.24. The first-order valence-electron chi connectivity index (χ1n) is 10.5. The van der Waals surface area contributed by atoms with E-state index in [-0.39, 0.29) is 12.1 Å². The van der Waals surface area contributed by atoms with Crippen LogP contribution in [0.15, 0.2) is 72.8 Å². The Balaban J connectivity index is 1.37. The maximum absolute atomic E-state index is 13.0. The second-order valence-electron chi connectivity index (χ2n) is 7.83. The molecule has 0 aliphatic carbocycles. The van der Waals surface area contributed by atoms with E-state index in [9.17, 15) is 9.59 Å². The van der Waals surface area contributed by atoms with Gasteiger partial charge in [-0.2, -0.15) is 0 Å². The summed E-state index contributed by atoms with van der Waals surface area (Å²) in [4.78, 5) is 28.9. The molecule has 4 rings (SSSR count). The highest BCUT2D eigenvalue weighted by molar-refractivity contribution is 6.30. The van der Waals surface area contributed by atoms with Gasteiger partial charge in [0.1, 0.15) is 0 Å². The Hall–Kier alpha value is -3.51. The van der Waals surface area contributed by atoms with Gasteiger partial charge in [0.2, 0.25) is 0 Å². The van der Waals surface area contributed by atoms with Crippen molar-refractivity contribution >= 4 is 40.7 Å². The van der Waals surface area contributed by atoms with Crippen molar-refractivity contribution in [3.05, 3.63) is 88.9 Å². The van der Waals surface area contributed by atoms with Gasteiger partial charge < -0.3 is 15.5 Å². The van der Waals surface area contributed by atoms with Crippen molar-refractivity contribution in [2.24, 2.45) is 0 Å². The second kappa shape index (κ2) is 9.75. The van der Waals surface area contributed by atoms with E-state index < -0.39 is 0 Å². The average Bonchev–Trinajstić information content (AvgIpc) is 2.77. The molecule has 2 N–H and O–H groups in total. The van der Waals surface area contributed by atoms with Gasteiger partial charge in [0, 0.05) is 41.7 Å². The molecule has 0 aromatic heterocycles. The molecule has 1 saturated heterocycles. The van der Waals surface area contributed by atoms with Crippen LogP contribution in [-0.4, -0.2) is 30.1 Å². The number of anilines is 3. The molecular formula is C25H25ClN4O2. The third-order valence-corrected chi connectivity index (χ3v) is 5.56. The molecule has 0 unspecified atom stereocenters. The molecular weight excluding hydrogens is 424 g/mol. The van der Waals surface area contributed by atoms with Crippen molar-refractivity contribution in [2.75, 3.05) is 28.6 Å². The van der Waals surface area contributed by atoms with Crippen LogP contribution in [0.5, 0.6) is 0 Å². The van der Waals surface area contributed by atoms with Gasteiger partial charge in [-0.25, -0.2) is 9.59 Å². The monoisotopic (exact) mass is 448 g/mol. The Kier molecular flexibility index (Phi) is 6.61. The number of carbonyl (C=O) groups excluding carboxylic acids is 2. The van der Waals surface area contributed by atoms with Crippen LogP contribution < -0.4 is 15.5 Å². The Morgan fingerprint density at radius 2 is 1.59 bits per heavy atom. The summed E-state index contributed by atoms with van der Waals surface area (Å²) in [5.41, 5.74) is 4.31. The maximum atomic E-state index is 13.0. The summed E-state index contributed by atoms with van der Waals surface area (Å²) >= 11 is 6.08. The lowest BCUT2D eigenvalue weighted by atomic mass is 10.1. The number of rotatable bonds is 5. The van der Waals surface area contributed by atoms with Crippen molar-refractivity contribution in [1.82, 2.24) is 4.90 Å². The van der Waals surface area contributed by atoms with Crippen molar-refractivity contribution in [2.45, 2.75) is 19.9 Å². The molecule has 3 aromatic rings. The van der Waals surface area contributed by atoms with E-state index in [2.05, 4.69) is 10.6 Å². The number of halogens is 1. The SMILES string of the molecule is Cc1ccc(NC(=O)Nc2ccc(N3CCCN(Cc4cccc(Cl)c4)C3=O)cc2)cc1. The quantitative estimate of drug-likeness (QED) is 0.493. The summed E-state index contributed by atoms with van der Waals surface area (Å²) in [6, 6.07) is 22.1. The first kappa shape index (κ1) is 21.7. The molecule has 164 valence electrons. The third kappa shape index (κ3) is 5.39. The van der Waals surface area contributed by atoms with Crippen LogP contribution in [0.2, 0.25) is 5.02 Å². The molecule has 1 aliphatic rings. The normalized spacial score (nSPS) is 13.8. The van der Waals surface area contributed by atoms with Gasteiger partial charge >= 0.3 is 12.1 Å². The predicted molar refractivity (Wildman–Crippen MR) is 129 cm³/mol. The van der Waals surface area contributed by atoms with Crippen LogP contribution in [0, 0.1) is 6.92 Å². The van der Waals surface area contributed by atoms with Crippen molar-refractivity contribution < 1.29 is 9.59 Å².